The third-order valence-corrected chi connectivity index (χ3v) is 7.31. The van der Waals surface area contributed by atoms with Crippen LogP contribution in [-0.2, 0) is 19.6 Å². The average Bonchev–Trinajstić information content (AvgIpc) is 2.85. The smallest absolute Gasteiger partial charge is 0.308 e. The molecule has 0 radical (unpaired) electrons. The molecule has 21 heavy (non-hydrogen) atoms. The first-order chi connectivity index (χ1) is 9.73. The minimum atomic E-state index is -3.79. The molecule has 1 aromatic rings. The van der Waals surface area contributed by atoms with Crippen molar-refractivity contribution in [2.75, 3.05) is 13.1 Å². The number of carbonyl (C=O) groups is 2. The van der Waals surface area contributed by atoms with E-state index in [1.54, 1.807) is 6.07 Å². The molecule has 1 saturated heterocycles. The molecule has 0 aliphatic carbocycles. The fourth-order valence-corrected chi connectivity index (χ4v) is 5.89. The minimum Gasteiger partial charge on any atom is -0.481 e. The molecule has 2 rings (SSSR count). The molecule has 2 heterocycles. The summed E-state index contributed by atoms with van der Waals surface area (Å²) in [6.07, 6.45) is -0.0158. The number of hydrogen-bond acceptors (Lipinski definition) is 5. The van der Waals surface area contributed by atoms with Crippen LogP contribution < -0.4 is 0 Å². The number of aliphatic carboxylic acids is 2. The van der Waals surface area contributed by atoms with Gasteiger partial charge >= 0.3 is 11.9 Å². The van der Waals surface area contributed by atoms with Crippen LogP contribution in [0.1, 0.15) is 6.42 Å². The van der Waals surface area contributed by atoms with Crippen LogP contribution in [-0.4, -0.2) is 48.0 Å². The molecule has 1 aromatic heterocycles. The molecule has 2 N–H and O–H groups in total. The molecular formula is C11H12BrNO6S2. The van der Waals surface area contributed by atoms with Gasteiger partial charge in [0.1, 0.15) is 4.21 Å². The van der Waals surface area contributed by atoms with Crippen LogP contribution in [0.15, 0.2) is 20.1 Å². The predicted octanol–water partition coefficient (Wildman–Crippen LogP) is 1.31. The van der Waals surface area contributed by atoms with Crippen LogP contribution in [0, 0.1) is 11.8 Å². The van der Waals surface area contributed by atoms with Crippen molar-refractivity contribution in [2.45, 2.75) is 10.6 Å². The highest BCUT2D eigenvalue weighted by Crippen LogP contribution is 2.32. The predicted molar refractivity (Wildman–Crippen MR) is 77.6 cm³/mol. The fourth-order valence-electron chi connectivity index (χ4n) is 2.25. The topological polar surface area (TPSA) is 112 Å². The van der Waals surface area contributed by atoms with E-state index in [9.17, 15) is 18.0 Å². The van der Waals surface area contributed by atoms with Crippen molar-refractivity contribution in [1.82, 2.24) is 4.31 Å². The Morgan fingerprint density at radius 1 is 1.24 bits per heavy atom. The molecule has 10 heteroatoms. The summed E-state index contributed by atoms with van der Waals surface area (Å²) >= 11 is 4.20. The summed E-state index contributed by atoms with van der Waals surface area (Å²) in [5.74, 6) is -4.81. The standard InChI is InChI=1S/C11H12BrNO6S2/c12-8-1-2-9(20-8)21(18,19)13-4-3-6(10(14)15)7(5-13)11(16)17/h1-2,6-7H,3-5H2,(H,14,15)(H,16,17). The van der Waals surface area contributed by atoms with Crippen molar-refractivity contribution in [2.24, 2.45) is 11.8 Å². The second kappa shape index (κ2) is 6.03. The Kier molecular flexibility index (Phi) is 4.71. The Morgan fingerprint density at radius 2 is 1.86 bits per heavy atom. The van der Waals surface area contributed by atoms with Gasteiger partial charge < -0.3 is 10.2 Å². The van der Waals surface area contributed by atoms with Crippen LogP contribution >= 0.6 is 27.3 Å². The van der Waals surface area contributed by atoms with Gasteiger partial charge in [-0.15, -0.1) is 11.3 Å². The highest BCUT2D eigenvalue weighted by Gasteiger charge is 2.42. The summed E-state index contributed by atoms with van der Waals surface area (Å²) < 4.78 is 26.6. The van der Waals surface area contributed by atoms with Crippen LogP contribution in [0.4, 0.5) is 0 Å². The largest absolute Gasteiger partial charge is 0.481 e. The molecule has 0 saturated carbocycles. The van der Waals surface area contributed by atoms with Crippen LogP contribution in [0.2, 0.25) is 0 Å². The van der Waals surface area contributed by atoms with Crippen molar-refractivity contribution in [3.05, 3.63) is 15.9 Å². The molecule has 0 spiro atoms. The van der Waals surface area contributed by atoms with Crippen molar-refractivity contribution < 1.29 is 28.2 Å². The second-order valence-electron chi connectivity index (χ2n) is 4.60. The van der Waals surface area contributed by atoms with Gasteiger partial charge in [0.05, 0.1) is 15.6 Å². The van der Waals surface area contributed by atoms with Gasteiger partial charge in [-0.25, -0.2) is 8.42 Å². The Bertz CT molecular complexity index is 670. The minimum absolute atomic E-state index is 0.00139. The van der Waals surface area contributed by atoms with Gasteiger partial charge in [-0.05, 0) is 34.5 Å². The lowest BCUT2D eigenvalue weighted by Gasteiger charge is -2.33. The zero-order valence-corrected chi connectivity index (χ0v) is 13.8. The van der Waals surface area contributed by atoms with Crippen LogP contribution in [0.25, 0.3) is 0 Å². The number of piperidine rings is 1. The lowest BCUT2D eigenvalue weighted by Crippen LogP contribution is -2.48. The number of hydrogen-bond donors (Lipinski definition) is 2. The highest BCUT2D eigenvalue weighted by molar-refractivity contribution is 9.11. The molecule has 116 valence electrons. The van der Waals surface area contributed by atoms with Crippen molar-refractivity contribution in [3.63, 3.8) is 0 Å². The van der Waals surface area contributed by atoms with E-state index in [2.05, 4.69) is 15.9 Å². The second-order valence-corrected chi connectivity index (χ2v) is 9.23. The molecular weight excluding hydrogens is 386 g/mol. The van der Waals surface area contributed by atoms with E-state index in [-0.39, 0.29) is 23.7 Å². The summed E-state index contributed by atoms with van der Waals surface area (Å²) in [5, 5.41) is 18.2. The van der Waals surface area contributed by atoms with Gasteiger partial charge in [-0.3, -0.25) is 9.59 Å². The lowest BCUT2D eigenvalue weighted by atomic mass is 9.86. The molecule has 0 bridgehead atoms. The third-order valence-electron chi connectivity index (χ3n) is 3.35. The first-order valence-corrected chi connectivity index (χ1v) is 8.99. The maximum atomic E-state index is 12.4. The Hall–Kier alpha value is -0.970. The van der Waals surface area contributed by atoms with E-state index >= 15 is 0 Å². The molecule has 2 atom stereocenters. The van der Waals surface area contributed by atoms with E-state index in [0.717, 1.165) is 15.6 Å². The highest BCUT2D eigenvalue weighted by atomic mass is 79.9. The Morgan fingerprint density at radius 3 is 2.33 bits per heavy atom. The zero-order chi connectivity index (χ0) is 15.8. The first kappa shape index (κ1) is 16.4. The molecule has 1 fully saturated rings. The number of thiophene rings is 1. The summed E-state index contributed by atoms with van der Waals surface area (Å²) in [6, 6.07) is 3.03. The maximum Gasteiger partial charge on any atom is 0.308 e. The quantitative estimate of drug-likeness (QED) is 0.791. The van der Waals surface area contributed by atoms with E-state index < -0.39 is 33.8 Å². The van der Waals surface area contributed by atoms with E-state index in [1.165, 1.54) is 6.07 Å². The summed E-state index contributed by atoms with van der Waals surface area (Å²) in [6.45, 7) is -0.331. The first-order valence-electron chi connectivity index (χ1n) is 5.94. The molecule has 0 amide bonds. The van der Waals surface area contributed by atoms with Crippen molar-refractivity contribution in [1.29, 1.82) is 0 Å². The Labute approximate surface area is 133 Å². The summed E-state index contributed by atoms with van der Waals surface area (Å²) in [4.78, 5) is 22.3. The summed E-state index contributed by atoms with van der Waals surface area (Å²) in [7, 11) is -3.79. The molecule has 2 unspecified atom stereocenters. The molecule has 7 nitrogen and oxygen atoms in total. The molecule has 1 aliphatic heterocycles. The van der Waals surface area contributed by atoms with E-state index in [1.807, 2.05) is 0 Å². The SMILES string of the molecule is O=C(O)C1CCN(S(=O)(=O)c2ccc(Br)s2)CC1C(=O)O. The van der Waals surface area contributed by atoms with Gasteiger partial charge in [-0.2, -0.15) is 4.31 Å². The average molecular weight is 398 g/mol. The summed E-state index contributed by atoms with van der Waals surface area (Å²) in [5.41, 5.74) is 0. The van der Waals surface area contributed by atoms with Crippen LogP contribution in [0.5, 0.6) is 0 Å². The number of halogens is 1. The van der Waals surface area contributed by atoms with Gasteiger partial charge in [0.15, 0.2) is 0 Å². The maximum absolute atomic E-state index is 12.4. The normalized spacial score (nSPS) is 23.9. The Balaban J connectivity index is 2.27. The number of carboxylic acid groups (broad SMARTS) is 2. The monoisotopic (exact) mass is 397 g/mol. The van der Waals surface area contributed by atoms with E-state index in [4.69, 9.17) is 10.2 Å². The number of rotatable bonds is 4. The molecule has 1 aliphatic rings. The third kappa shape index (κ3) is 3.28. The zero-order valence-electron chi connectivity index (χ0n) is 10.6. The van der Waals surface area contributed by atoms with Gasteiger partial charge in [0.2, 0.25) is 0 Å². The van der Waals surface area contributed by atoms with Gasteiger partial charge in [0, 0.05) is 13.1 Å². The van der Waals surface area contributed by atoms with Crippen molar-refractivity contribution >= 4 is 49.2 Å². The number of carboxylic acids is 2. The van der Waals surface area contributed by atoms with Gasteiger partial charge in [-0.1, -0.05) is 0 Å². The lowest BCUT2D eigenvalue weighted by molar-refractivity contribution is -0.156. The van der Waals surface area contributed by atoms with Gasteiger partial charge in [0.25, 0.3) is 10.0 Å². The van der Waals surface area contributed by atoms with Crippen LogP contribution in [0.3, 0.4) is 0 Å². The number of sulfonamides is 1. The fraction of sp³-hybridized carbons (Fsp3) is 0.455. The van der Waals surface area contributed by atoms with E-state index in [0.29, 0.717) is 3.79 Å². The molecule has 0 aromatic carbocycles. The van der Waals surface area contributed by atoms with Crippen molar-refractivity contribution in [3.8, 4) is 0 Å². The number of nitrogens with zero attached hydrogens (tertiary/aromatic N) is 1.